The average Bonchev–Trinajstić information content (AvgIpc) is 3.46. The maximum Gasteiger partial charge on any atom is 0.263 e. The predicted octanol–water partition coefficient (Wildman–Crippen LogP) is 3.97. The van der Waals surface area contributed by atoms with Crippen LogP contribution in [-0.4, -0.2) is 32.3 Å². The number of H-pyrrole nitrogens is 1. The van der Waals surface area contributed by atoms with Crippen molar-refractivity contribution in [3.05, 3.63) is 75.9 Å². The van der Waals surface area contributed by atoms with E-state index in [0.717, 1.165) is 0 Å². The highest BCUT2D eigenvalue weighted by atomic mass is 16.5. The fourth-order valence-electron chi connectivity index (χ4n) is 3.18. The number of hydrogen-bond donors (Lipinski definition) is 2. The lowest BCUT2D eigenvalue weighted by Gasteiger charge is -2.11. The Balaban J connectivity index is 1.57. The molecular formula is C24H25N5O4. The van der Waals surface area contributed by atoms with Crippen molar-refractivity contribution in [3.63, 3.8) is 0 Å². The first-order valence-electron chi connectivity index (χ1n) is 10.6. The second-order valence-electron chi connectivity index (χ2n) is 7.96. The Morgan fingerprint density at radius 2 is 1.97 bits per heavy atom. The number of aryl methyl sites for hydroxylation is 1. The first-order chi connectivity index (χ1) is 15.8. The number of carbonyl (C=O) groups is 1. The third-order valence-corrected chi connectivity index (χ3v) is 5.25. The molecule has 0 bridgehead atoms. The Morgan fingerprint density at radius 1 is 1.21 bits per heavy atom. The summed E-state index contributed by atoms with van der Waals surface area (Å²) in [6.07, 6.45) is 1.53. The van der Waals surface area contributed by atoms with E-state index in [-0.39, 0.29) is 24.0 Å². The Labute approximate surface area is 190 Å². The molecule has 0 atom stereocenters. The van der Waals surface area contributed by atoms with Gasteiger partial charge in [0.15, 0.2) is 12.4 Å². The van der Waals surface area contributed by atoms with Crippen LogP contribution in [0.3, 0.4) is 0 Å². The van der Waals surface area contributed by atoms with Crippen molar-refractivity contribution in [1.29, 1.82) is 0 Å². The van der Waals surface area contributed by atoms with Gasteiger partial charge < -0.3 is 14.5 Å². The fourth-order valence-corrected chi connectivity index (χ4v) is 3.18. The molecule has 0 aliphatic rings. The van der Waals surface area contributed by atoms with Crippen molar-refractivity contribution >= 4 is 11.7 Å². The number of furan rings is 1. The molecule has 0 aliphatic carbocycles. The van der Waals surface area contributed by atoms with E-state index < -0.39 is 0 Å². The molecular weight excluding hydrogens is 422 g/mol. The largest absolute Gasteiger partial charge is 0.484 e. The summed E-state index contributed by atoms with van der Waals surface area (Å²) in [4.78, 5) is 32.0. The van der Waals surface area contributed by atoms with E-state index in [2.05, 4.69) is 34.2 Å². The highest BCUT2D eigenvalue weighted by Crippen LogP contribution is 2.24. The Bertz CT molecular complexity index is 1320. The van der Waals surface area contributed by atoms with Crippen molar-refractivity contribution in [2.75, 3.05) is 11.9 Å². The molecule has 0 aliphatic heterocycles. The van der Waals surface area contributed by atoms with Gasteiger partial charge in [0.05, 0.1) is 6.26 Å². The number of rotatable bonds is 7. The van der Waals surface area contributed by atoms with Crippen molar-refractivity contribution in [2.24, 2.45) is 0 Å². The summed E-state index contributed by atoms with van der Waals surface area (Å²) in [5.41, 5.74) is 2.46. The number of anilines is 1. The van der Waals surface area contributed by atoms with E-state index in [1.54, 1.807) is 32.0 Å². The van der Waals surface area contributed by atoms with Gasteiger partial charge in [0.1, 0.15) is 17.3 Å². The van der Waals surface area contributed by atoms with Crippen LogP contribution in [0.4, 0.5) is 5.82 Å². The number of aromatic nitrogens is 4. The summed E-state index contributed by atoms with van der Waals surface area (Å²) >= 11 is 0. The quantitative estimate of drug-likeness (QED) is 0.443. The molecule has 9 nitrogen and oxygen atoms in total. The smallest absolute Gasteiger partial charge is 0.263 e. The van der Waals surface area contributed by atoms with Crippen molar-refractivity contribution in [3.8, 4) is 23.2 Å². The number of benzene rings is 1. The first-order valence-corrected chi connectivity index (χ1v) is 10.6. The number of carbonyl (C=O) groups excluding carboxylic acids is 1. The van der Waals surface area contributed by atoms with Gasteiger partial charge in [-0.2, -0.15) is 9.78 Å². The topological polar surface area (TPSA) is 115 Å². The highest BCUT2D eigenvalue weighted by molar-refractivity contribution is 5.91. The fraction of sp³-hybridized carbons (Fsp3) is 0.250. The van der Waals surface area contributed by atoms with Crippen LogP contribution >= 0.6 is 0 Å². The molecule has 3 heterocycles. The summed E-state index contributed by atoms with van der Waals surface area (Å²) < 4.78 is 12.4. The minimum absolute atomic E-state index is 0.182. The zero-order valence-electron chi connectivity index (χ0n) is 18.9. The van der Waals surface area contributed by atoms with E-state index in [0.29, 0.717) is 40.2 Å². The van der Waals surface area contributed by atoms with Crippen molar-refractivity contribution < 1.29 is 13.9 Å². The van der Waals surface area contributed by atoms with Gasteiger partial charge in [-0.05, 0) is 49.6 Å². The summed E-state index contributed by atoms with van der Waals surface area (Å²) in [6.45, 7) is 7.46. The van der Waals surface area contributed by atoms with E-state index in [4.69, 9.17) is 9.15 Å². The number of nitrogens with one attached hydrogen (secondary N) is 2. The molecule has 9 heteroatoms. The van der Waals surface area contributed by atoms with E-state index in [9.17, 15) is 9.59 Å². The molecule has 1 amide bonds. The van der Waals surface area contributed by atoms with Crippen LogP contribution in [0, 0.1) is 13.8 Å². The zero-order chi connectivity index (χ0) is 23.5. The van der Waals surface area contributed by atoms with Crippen LogP contribution in [-0.2, 0) is 4.79 Å². The van der Waals surface area contributed by atoms with Crippen LogP contribution in [0.5, 0.6) is 5.75 Å². The van der Waals surface area contributed by atoms with Crippen LogP contribution < -0.4 is 15.6 Å². The average molecular weight is 447 g/mol. The number of aromatic amines is 1. The van der Waals surface area contributed by atoms with Gasteiger partial charge in [-0.3, -0.25) is 14.6 Å². The molecule has 2 N–H and O–H groups in total. The molecule has 0 unspecified atom stereocenters. The number of nitrogens with zero attached hydrogens (tertiary/aromatic N) is 3. The maximum absolute atomic E-state index is 12.6. The Hall–Kier alpha value is -4.14. The van der Waals surface area contributed by atoms with Gasteiger partial charge in [-0.25, -0.2) is 4.98 Å². The second-order valence-corrected chi connectivity index (χ2v) is 7.96. The third kappa shape index (κ3) is 4.87. The normalized spacial score (nSPS) is 11.1. The van der Waals surface area contributed by atoms with Gasteiger partial charge in [0.2, 0.25) is 5.95 Å². The molecule has 1 aromatic carbocycles. The maximum atomic E-state index is 12.6. The summed E-state index contributed by atoms with van der Waals surface area (Å²) in [6, 6.07) is 12.8. The predicted molar refractivity (Wildman–Crippen MR) is 124 cm³/mol. The van der Waals surface area contributed by atoms with Crippen LogP contribution in [0.15, 0.2) is 57.9 Å². The molecule has 0 saturated carbocycles. The lowest BCUT2D eigenvalue weighted by atomic mass is 10.0. The van der Waals surface area contributed by atoms with Crippen LogP contribution in [0.25, 0.3) is 17.4 Å². The first kappa shape index (κ1) is 22.1. The summed E-state index contributed by atoms with van der Waals surface area (Å²) in [5, 5.41) is 7.24. The lowest BCUT2D eigenvalue weighted by molar-refractivity contribution is -0.118. The molecule has 170 valence electrons. The van der Waals surface area contributed by atoms with Crippen molar-refractivity contribution in [1.82, 2.24) is 19.7 Å². The molecule has 4 rings (SSSR count). The molecule has 3 aromatic heterocycles. The molecule has 0 radical (unpaired) electrons. The van der Waals surface area contributed by atoms with Gasteiger partial charge in [-0.15, -0.1) is 0 Å². The minimum Gasteiger partial charge on any atom is -0.484 e. The lowest BCUT2D eigenvalue weighted by Crippen LogP contribution is -2.23. The number of ether oxygens (including phenoxy) is 1. The second kappa shape index (κ2) is 9.15. The SMILES string of the molecule is Cc1nc(-n2nc(-c3ccco3)cc2NC(=O)COc2ccc(C(C)C)cc2)[nH]c(=O)c1C. The highest BCUT2D eigenvalue weighted by Gasteiger charge is 2.18. The van der Waals surface area contributed by atoms with Gasteiger partial charge in [-0.1, -0.05) is 26.0 Å². The molecule has 33 heavy (non-hydrogen) atoms. The number of hydrogen-bond acceptors (Lipinski definition) is 6. The summed E-state index contributed by atoms with van der Waals surface area (Å²) in [7, 11) is 0. The Kier molecular flexibility index (Phi) is 6.12. The third-order valence-electron chi connectivity index (χ3n) is 5.25. The number of amides is 1. The minimum atomic E-state index is -0.388. The molecule has 4 aromatic rings. The van der Waals surface area contributed by atoms with Crippen LogP contribution in [0.2, 0.25) is 0 Å². The van der Waals surface area contributed by atoms with Gasteiger partial charge in [0.25, 0.3) is 11.5 Å². The van der Waals surface area contributed by atoms with Crippen molar-refractivity contribution in [2.45, 2.75) is 33.6 Å². The monoisotopic (exact) mass is 447 g/mol. The molecule has 0 fully saturated rings. The standard InChI is InChI=1S/C24H25N5O4/c1-14(2)17-7-9-18(10-8-17)33-13-22(30)26-21-12-19(20-6-5-11-32-20)28-29(21)24-25-16(4)15(3)23(31)27-24/h5-12,14H,13H2,1-4H3,(H,26,30)(H,25,27,31). The summed E-state index contributed by atoms with van der Waals surface area (Å²) in [5.74, 6) is 1.63. The van der Waals surface area contributed by atoms with E-state index >= 15 is 0 Å². The van der Waals surface area contributed by atoms with Gasteiger partial charge >= 0.3 is 0 Å². The van der Waals surface area contributed by atoms with Gasteiger partial charge in [0, 0.05) is 17.3 Å². The Morgan fingerprint density at radius 3 is 2.61 bits per heavy atom. The molecule has 0 spiro atoms. The molecule has 0 saturated heterocycles. The van der Waals surface area contributed by atoms with E-state index in [1.807, 2.05) is 24.3 Å². The van der Waals surface area contributed by atoms with E-state index in [1.165, 1.54) is 16.5 Å². The van der Waals surface area contributed by atoms with Crippen LogP contribution in [0.1, 0.15) is 36.6 Å². The zero-order valence-corrected chi connectivity index (χ0v) is 18.9.